The number of aryl methyl sites for hydroxylation is 1. The predicted octanol–water partition coefficient (Wildman–Crippen LogP) is 3.76. The fourth-order valence-electron chi connectivity index (χ4n) is 2.57. The highest BCUT2D eigenvalue weighted by molar-refractivity contribution is 6.10. The quantitative estimate of drug-likeness (QED) is 0.698. The van der Waals surface area contributed by atoms with Crippen LogP contribution in [0.1, 0.15) is 18.9 Å². The van der Waals surface area contributed by atoms with E-state index in [2.05, 4.69) is 22.5 Å². The van der Waals surface area contributed by atoms with Crippen molar-refractivity contribution in [3.63, 3.8) is 0 Å². The molecular formula is C20H19N3O2. The van der Waals surface area contributed by atoms with Gasteiger partial charge in [-0.1, -0.05) is 37.3 Å². The van der Waals surface area contributed by atoms with Crippen molar-refractivity contribution in [2.24, 2.45) is 0 Å². The minimum absolute atomic E-state index is 0.251. The Morgan fingerprint density at radius 1 is 0.920 bits per heavy atom. The largest absolute Gasteiger partial charge is 0.326 e. The summed E-state index contributed by atoms with van der Waals surface area (Å²) in [6.07, 6.45) is 2.36. The van der Waals surface area contributed by atoms with Crippen molar-refractivity contribution in [1.82, 2.24) is 4.98 Å². The number of pyridine rings is 1. The minimum atomic E-state index is -0.374. The van der Waals surface area contributed by atoms with Crippen LogP contribution >= 0.6 is 0 Å². The van der Waals surface area contributed by atoms with Crippen LogP contribution in [0.4, 0.5) is 11.4 Å². The topological polar surface area (TPSA) is 71.1 Å². The average molecular weight is 333 g/mol. The third-order valence-electron chi connectivity index (χ3n) is 3.87. The molecule has 126 valence electrons. The molecule has 0 aliphatic heterocycles. The monoisotopic (exact) mass is 333 g/mol. The van der Waals surface area contributed by atoms with Gasteiger partial charge in [0, 0.05) is 17.3 Å². The Labute approximate surface area is 146 Å². The number of nitrogens with one attached hydrogen (secondary N) is 2. The zero-order valence-corrected chi connectivity index (χ0v) is 14.0. The van der Waals surface area contributed by atoms with E-state index >= 15 is 0 Å². The summed E-state index contributed by atoms with van der Waals surface area (Å²) in [6, 6.07) is 16.9. The Balaban J connectivity index is 1.62. The number of benzene rings is 2. The number of carbonyl (C=O) groups is 2. The Morgan fingerprint density at radius 2 is 1.64 bits per heavy atom. The van der Waals surface area contributed by atoms with Crippen LogP contribution in [0, 0.1) is 0 Å². The summed E-state index contributed by atoms with van der Waals surface area (Å²) in [4.78, 5) is 28.5. The molecule has 3 rings (SSSR count). The standard InChI is InChI=1S/C20H19N3O2/c1-2-14-8-10-16(11-9-14)22-18(24)13-19(25)23-17-7-3-5-15-6-4-12-21-20(15)17/h3-12H,2,13H2,1H3,(H,22,24)(H,23,25). The van der Waals surface area contributed by atoms with Crippen molar-refractivity contribution in [3.8, 4) is 0 Å². The van der Waals surface area contributed by atoms with Crippen LogP contribution in [0.15, 0.2) is 60.8 Å². The lowest BCUT2D eigenvalue weighted by molar-refractivity contribution is -0.123. The van der Waals surface area contributed by atoms with Gasteiger partial charge >= 0.3 is 0 Å². The number of amides is 2. The van der Waals surface area contributed by atoms with Crippen LogP contribution in [0.5, 0.6) is 0 Å². The Morgan fingerprint density at radius 3 is 2.40 bits per heavy atom. The van der Waals surface area contributed by atoms with E-state index in [1.54, 1.807) is 12.3 Å². The molecular weight excluding hydrogens is 314 g/mol. The minimum Gasteiger partial charge on any atom is -0.326 e. The lowest BCUT2D eigenvalue weighted by Crippen LogP contribution is -2.21. The van der Waals surface area contributed by atoms with Gasteiger partial charge in [-0.2, -0.15) is 0 Å². The molecule has 0 spiro atoms. The van der Waals surface area contributed by atoms with Gasteiger partial charge in [0.1, 0.15) is 6.42 Å². The highest BCUT2D eigenvalue weighted by Gasteiger charge is 2.12. The van der Waals surface area contributed by atoms with Crippen LogP contribution in [-0.2, 0) is 16.0 Å². The van der Waals surface area contributed by atoms with Gasteiger partial charge in [-0.25, -0.2) is 0 Å². The zero-order valence-electron chi connectivity index (χ0n) is 14.0. The average Bonchev–Trinajstić information content (AvgIpc) is 2.62. The van der Waals surface area contributed by atoms with Gasteiger partial charge in [0.05, 0.1) is 11.2 Å². The maximum Gasteiger partial charge on any atom is 0.233 e. The highest BCUT2D eigenvalue weighted by Crippen LogP contribution is 2.20. The van der Waals surface area contributed by atoms with Crippen molar-refractivity contribution in [2.75, 3.05) is 10.6 Å². The van der Waals surface area contributed by atoms with Crippen LogP contribution in [0.3, 0.4) is 0 Å². The first kappa shape index (κ1) is 16.6. The second kappa shape index (κ2) is 7.57. The van der Waals surface area contributed by atoms with Gasteiger partial charge in [-0.05, 0) is 36.2 Å². The van der Waals surface area contributed by atoms with E-state index < -0.39 is 0 Å². The molecule has 1 aromatic heterocycles. The van der Waals surface area contributed by atoms with Gasteiger partial charge in [0.2, 0.25) is 11.8 Å². The molecule has 2 N–H and O–H groups in total. The van der Waals surface area contributed by atoms with Crippen molar-refractivity contribution in [1.29, 1.82) is 0 Å². The molecule has 5 heteroatoms. The Hall–Kier alpha value is -3.21. The lowest BCUT2D eigenvalue weighted by atomic mass is 10.1. The maximum absolute atomic E-state index is 12.2. The van der Waals surface area contributed by atoms with E-state index in [1.165, 1.54) is 5.56 Å². The molecule has 0 saturated heterocycles. The highest BCUT2D eigenvalue weighted by atomic mass is 16.2. The molecule has 2 amide bonds. The normalized spacial score (nSPS) is 10.4. The molecule has 0 aliphatic rings. The number of fused-ring (bicyclic) bond motifs is 1. The number of nitrogens with zero attached hydrogens (tertiary/aromatic N) is 1. The second-order valence-corrected chi connectivity index (χ2v) is 5.70. The zero-order chi connectivity index (χ0) is 17.6. The first-order valence-electron chi connectivity index (χ1n) is 8.18. The molecule has 0 aliphatic carbocycles. The molecule has 0 radical (unpaired) electrons. The summed E-state index contributed by atoms with van der Waals surface area (Å²) in [5, 5.41) is 6.42. The number of para-hydroxylation sites is 1. The van der Waals surface area contributed by atoms with E-state index in [-0.39, 0.29) is 18.2 Å². The molecule has 0 atom stereocenters. The van der Waals surface area contributed by atoms with Crippen molar-refractivity contribution in [2.45, 2.75) is 19.8 Å². The van der Waals surface area contributed by atoms with Gasteiger partial charge in [-0.15, -0.1) is 0 Å². The summed E-state index contributed by atoms with van der Waals surface area (Å²) in [7, 11) is 0. The van der Waals surface area contributed by atoms with Crippen LogP contribution in [0.2, 0.25) is 0 Å². The number of rotatable bonds is 5. The van der Waals surface area contributed by atoms with Crippen molar-refractivity contribution >= 4 is 34.1 Å². The van der Waals surface area contributed by atoms with E-state index in [1.807, 2.05) is 48.5 Å². The summed E-state index contributed by atoms with van der Waals surface area (Å²) in [6.45, 7) is 2.07. The molecule has 5 nitrogen and oxygen atoms in total. The molecule has 0 unspecified atom stereocenters. The number of aromatic nitrogens is 1. The first-order valence-corrected chi connectivity index (χ1v) is 8.18. The number of anilines is 2. The first-order chi connectivity index (χ1) is 12.2. The van der Waals surface area contributed by atoms with Gasteiger partial charge < -0.3 is 10.6 Å². The molecule has 0 bridgehead atoms. The van der Waals surface area contributed by atoms with E-state index in [0.717, 1.165) is 11.8 Å². The third kappa shape index (κ3) is 4.20. The smallest absolute Gasteiger partial charge is 0.233 e. The molecule has 2 aromatic carbocycles. The van der Waals surface area contributed by atoms with Gasteiger partial charge in [0.25, 0.3) is 0 Å². The number of hydrogen-bond donors (Lipinski definition) is 2. The van der Waals surface area contributed by atoms with E-state index in [9.17, 15) is 9.59 Å². The number of hydrogen-bond acceptors (Lipinski definition) is 3. The molecule has 25 heavy (non-hydrogen) atoms. The fourth-order valence-corrected chi connectivity index (χ4v) is 2.57. The lowest BCUT2D eigenvalue weighted by Gasteiger charge is -2.09. The summed E-state index contributed by atoms with van der Waals surface area (Å²) in [5.74, 6) is -0.726. The fraction of sp³-hybridized carbons (Fsp3) is 0.150. The molecule has 0 fully saturated rings. The van der Waals surface area contributed by atoms with E-state index in [0.29, 0.717) is 16.9 Å². The molecule has 3 aromatic rings. The van der Waals surface area contributed by atoms with Crippen LogP contribution < -0.4 is 10.6 Å². The number of carbonyl (C=O) groups excluding carboxylic acids is 2. The molecule has 0 saturated carbocycles. The van der Waals surface area contributed by atoms with Crippen LogP contribution in [-0.4, -0.2) is 16.8 Å². The third-order valence-corrected chi connectivity index (χ3v) is 3.87. The van der Waals surface area contributed by atoms with Gasteiger partial charge in [-0.3, -0.25) is 14.6 Å². The van der Waals surface area contributed by atoms with Crippen LogP contribution in [0.25, 0.3) is 10.9 Å². The van der Waals surface area contributed by atoms with Crippen molar-refractivity contribution < 1.29 is 9.59 Å². The van der Waals surface area contributed by atoms with Crippen molar-refractivity contribution in [3.05, 3.63) is 66.4 Å². The predicted molar refractivity (Wildman–Crippen MR) is 99.4 cm³/mol. The second-order valence-electron chi connectivity index (χ2n) is 5.70. The Kier molecular flexibility index (Phi) is 5.04. The molecule has 1 heterocycles. The summed E-state index contributed by atoms with van der Waals surface area (Å²) >= 11 is 0. The Bertz CT molecular complexity index is 899. The summed E-state index contributed by atoms with van der Waals surface area (Å²) in [5.41, 5.74) is 3.18. The summed E-state index contributed by atoms with van der Waals surface area (Å²) < 4.78 is 0. The maximum atomic E-state index is 12.2. The SMILES string of the molecule is CCc1ccc(NC(=O)CC(=O)Nc2cccc3cccnc23)cc1. The van der Waals surface area contributed by atoms with E-state index in [4.69, 9.17) is 0 Å². The van der Waals surface area contributed by atoms with Gasteiger partial charge in [0.15, 0.2) is 0 Å².